The van der Waals surface area contributed by atoms with Gasteiger partial charge < -0.3 is 33.3 Å². The van der Waals surface area contributed by atoms with Crippen molar-refractivity contribution in [2.75, 3.05) is 60.7 Å². The zero-order valence-corrected chi connectivity index (χ0v) is 19.1. The van der Waals surface area contributed by atoms with Gasteiger partial charge in [0.2, 0.25) is 5.76 Å². The molecule has 0 bridgehead atoms. The second-order valence-corrected chi connectivity index (χ2v) is 7.94. The number of nitrogens with zero attached hydrogens (tertiary/aromatic N) is 3. The molecule has 0 aliphatic carbocycles. The molecule has 10 nitrogen and oxygen atoms in total. The predicted molar refractivity (Wildman–Crippen MR) is 116 cm³/mol. The first-order valence-electron chi connectivity index (χ1n) is 10.7. The number of esters is 1. The summed E-state index contributed by atoms with van der Waals surface area (Å²) in [5.41, 5.74) is 0.463. The molecule has 0 aromatic carbocycles. The van der Waals surface area contributed by atoms with Crippen LogP contribution in [0.5, 0.6) is 5.75 Å². The monoisotopic (exact) mass is 449 g/mol. The number of methoxy groups -OCH3 is 1. The first-order valence-corrected chi connectivity index (χ1v) is 10.7. The van der Waals surface area contributed by atoms with Crippen LogP contribution in [0.4, 0.5) is 0 Å². The van der Waals surface area contributed by atoms with Gasteiger partial charge in [0.1, 0.15) is 30.3 Å². The Kier molecular flexibility index (Phi) is 7.79. The Morgan fingerprint density at radius 2 is 1.91 bits per heavy atom. The van der Waals surface area contributed by atoms with Gasteiger partial charge in [-0.1, -0.05) is 0 Å². The average Bonchev–Trinajstić information content (AvgIpc) is 3.00. The summed E-state index contributed by atoms with van der Waals surface area (Å²) in [6.07, 6.45) is 1.04. The number of carbonyl (C=O) groups is 2. The molecule has 0 atom stereocenters. The van der Waals surface area contributed by atoms with E-state index in [9.17, 15) is 14.4 Å². The SMILES string of the molecule is COC(=O)c1c(OCCCN(C)C)cc(=O)n2c1CCN(C(=O)C1=C(C)OCCO1)CC2. The third-order valence-electron chi connectivity index (χ3n) is 5.44. The highest BCUT2D eigenvalue weighted by atomic mass is 16.6. The summed E-state index contributed by atoms with van der Waals surface area (Å²) in [5.74, 6) is -0.00719. The lowest BCUT2D eigenvalue weighted by Crippen LogP contribution is -2.37. The van der Waals surface area contributed by atoms with Gasteiger partial charge in [-0.05, 0) is 27.4 Å². The average molecular weight is 450 g/mol. The largest absolute Gasteiger partial charge is 0.492 e. The fourth-order valence-corrected chi connectivity index (χ4v) is 3.81. The molecular formula is C22H31N3O7. The highest BCUT2D eigenvalue weighted by Crippen LogP contribution is 2.25. The number of fused-ring (bicyclic) bond motifs is 1. The molecule has 0 N–H and O–H groups in total. The molecule has 0 radical (unpaired) electrons. The normalized spacial score (nSPS) is 16.1. The van der Waals surface area contributed by atoms with Gasteiger partial charge in [0.15, 0.2) is 0 Å². The maximum Gasteiger partial charge on any atom is 0.343 e. The quantitative estimate of drug-likeness (QED) is 0.442. The standard InChI is InChI=1S/C22H31N3O7/c1-15-20(32-13-12-30-15)21(27)24-8-6-16-19(22(28)29-4)17(31-11-5-7-23(2)3)14-18(26)25(16)10-9-24/h14H,5-13H2,1-4H3. The van der Waals surface area contributed by atoms with Gasteiger partial charge in [-0.2, -0.15) is 0 Å². The smallest absolute Gasteiger partial charge is 0.343 e. The summed E-state index contributed by atoms with van der Waals surface area (Å²) in [4.78, 5) is 42.1. The minimum atomic E-state index is -0.571. The number of hydrogen-bond donors (Lipinski definition) is 0. The van der Waals surface area contributed by atoms with Crippen LogP contribution in [0, 0.1) is 0 Å². The van der Waals surface area contributed by atoms with Crippen molar-refractivity contribution >= 4 is 11.9 Å². The zero-order valence-electron chi connectivity index (χ0n) is 19.1. The number of pyridine rings is 1. The molecule has 0 unspecified atom stereocenters. The summed E-state index contributed by atoms with van der Waals surface area (Å²) < 4.78 is 23.3. The fourth-order valence-electron chi connectivity index (χ4n) is 3.81. The molecule has 3 heterocycles. The van der Waals surface area contributed by atoms with Crippen molar-refractivity contribution in [1.82, 2.24) is 14.4 Å². The number of amides is 1. The summed E-state index contributed by atoms with van der Waals surface area (Å²) in [6, 6.07) is 1.33. The van der Waals surface area contributed by atoms with E-state index in [4.69, 9.17) is 18.9 Å². The van der Waals surface area contributed by atoms with Crippen molar-refractivity contribution in [3.8, 4) is 5.75 Å². The molecule has 2 aliphatic heterocycles. The summed E-state index contributed by atoms with van der Waals surface area (Å²) >= 11 is 0. The van der Waals surface area contributed by atoms with Gasteiger partial charge in [-0.15, -0.1) is 0 Å². The van der Waals surface area contributed by atoms with E-state index in [2.05, 4.69) is 0 Å². The van der Waals surface area contributed by atoms with Crippen molar-refractivity contribution < 1.29 is 28.5 Å². The van der Waals surface area contributed by atoms with Crippen LogP contribution < -0.4 is 10.3 Å². The van der Waals surface area contributed by atoms with Crippen molar-refractivity contribution in [2.24, 2.45) is 0 Å². The van der Waals surface area contributed by atoms with Crippen LogP contribution in [-0.2, 0) is 32.0 Å². The molecule has 1 aromatic heterocycles. The molecule has 32 heavy (non-hydrogen) atoms. The van der Waals surface area contributed by atoms with E-state index in [1.165, 1.54) is 17.7 Å². The zero-order chi connectivity index (χ0) is 23.3. The Morgan fingerprint density at radius 3 is 2.59 bits per heavy atom. The lowest BCUT2D eigenvalue weighted by atomic mass is 10.1. The first kappa shape index (κ1) is 23.6. The molecule has 0 saturated carbocycles. The third-order valence-corrected chi connectivity index (χ3v) is 5.44. The van der Waals surface area contributed by atoms with Crippen molar-refractivity contribution in [1.29, 1.82) is 0 Å². The van der Waals surface area contributed by atoms with Gasteiger partial charge in [-0.25, -0.2) is 4.79 Å². The second-order valence-electron chi connectivity index (χ2n) is 7.94. The third kappa shape index (κ3) is 5.24. The number of allylic oxidation sites excluding steroid dienone is 1. The van der Waals surface area contributed by atoms with E-state index in [1.807, 2.05) is 19.0 Å². The summed E-state index contributed by atoms with van der Waals surface area (Å²) in [5, 5.41) is 0. The molecule has 3 rings (SSSR count). The Hall–Kier alpha value is -3.01. The maximum absolute atomic E-state index is 13.0. The van der Waals surface area contributed by atoms with E-state index in [0.717, 1.165) is 13.0 Å². The maximum atomic E-state index is 13.0. The minimum absolute atomic E-state index is 0.188. The number of rotatable bonds is 7. The number of aromatic nitrogens is 1. The van der Waals surface area contributed by atoms with Gasteiger partial charge in [0.25, 0.3) is 11.5 Å². The summed E-state index contributed by atoms with van der Waals surface area (Å²) in [6.45, 7) is 4.45. The molecule has 1 aromatic rings. The summed E-state index contributed by atoms with van der Waals surface area (Å²) in [7, 11) is 5.22. The molecule has 1 amide bonds. The molecular weight excluding hydrogens is 418 g/mol. The van der Waals surface area contributed by atoms with Crippen LogP contribution in [0.2, 0.25) is 0 Å². The van der Waals surface area contributed by atoms with Crippen molar-refractivity contribution in [3.63, 3.8) is 0 Å². The van der Waals surface area contributed by atoms with E-state index in [1.54, 1.807) is 11.8 Å². The molecule has 0 saturated heterocycles. The highest BCUT2D eigenvalue weighted by Gasteiger charge is 2.30. The van der Waals surface area contributed by atoms with E-state index >= 15 is 0 Å². The van der Waals surface area contributed by atoms with Crippen LogP contribution in [0.3, 0.4) is 0 Å². The number of carbonyl (C=O) groups excluding carboxylic acids is 2. The molecule has 0 fully saturated rings. The number of ether oxygens (including phenoxy) is 4. The molecule has 2 aliphatic rings. The second kappa shape index (κ2) is 10.5. The van der Waals surface area contributed by atoms with Crippen LogP contribution in [0.1, 0.15) is 29.4 Å². The van der Waals surface area contributed by atoms with Crippen LogP contribution in [0.15, 0.2) is 22.4 Å². The first-order chi connectivity index (χ1) is 15.3. The van der Waals surface area contributed by atoms with Gasteiger partial charge in [0.05, 0.1) is 13.7 Å². The Balaban J connectivity index is 1.86. The van der Waals surface area contributed by atoms with Crippen LogP contribution >= 0.6 is 0 Å². The van der Waals surface area contributed by atoms with Gasteiger partial charge >= 0.3 is 5.97 Å². The lowest BCUT2D eigenvalue weighted by molar-refractivity contribution is -0.132. The number of hydrogen-bond acceptors (Lipinski definition) is 8. The Morgan fingerprint density at radius 1 is 1.16 bits per heavy atom. The van der Waals surface area contributed by atoms with Crippen LogP contribution in [0.25, 0.3) is 0 Å². The van der Waals surface area contributed by atoms with E-state index < -0.39 is 5.97 Å². The van der Waals surface area contributed by atoms with E-state index in [0.29, 0.717) is 50.8 Å². The van der Waals surface area contributed by atoms with Crippen molar-refractivity contribution in [3.05, 3.63) is 39.2 Å². The molecule has 0 spiro atoms. The van der Waals surface area contributed by atoms with Gasteiger partial charge in [0, 0.05) is 44.4 Å². The molecule has 10 heteroatoms. The minimum Gasteiger partial charge on any atom is -0.492 e. The Bertz CT molecular complexity index is 952. The van der Waals surface area contributed by atoms with Crippen molar-refractivity contribution in [2.45, 2.75) is 26.3 Å². The Labute approximate surface area is 187 Å². The fraction of sp³-hybridized carbons (Fsp3) is 0.591. The van der Waals surface area contributed by atoms with Gasteiger partial charge in [-0.3, -0.25) is 9.59 Å². The van der Waals surface area contributed by atoms with E-state index in [-0.39, 0.29) is 35.1 Å². The topological polar surface area (TPSA) is 99.5 Å². The highest BCUT2D eigenvalue weighted by molar-refractivity contribution is 5.94. The predicted octanol–water partition coefficient (Wildman–Crippen LogP) is 0.628. The molecule has 176 valence electrons. The van der Waals surface area contributed by atoms with Crippen LogP contribution in [-0.4, -0.2) is 86.9 Å². The lowest BCUT2D eigenvalue weighted by Gasteiger charge is -2.25.